The monoisotopic (exact) mass is 288 g/mol. The van der Waals surface area contributed by atoms with E-state index in [1.54, 1.807) is 6.26 Å². The molecule has 0 aliphatic rings. The van der Waals surface area contributed by atoms with E-state index in [-0.39, 0.29) is 16.1 Å². The molecule has 0 atom stereocenters. The molecule has 0 spiro atoms. The lowest BCUT2D eigenvalue weighted by Crippen LogP contribution is -2.14. The maximum Gasteiger partial charge on any atom is 0.262 e. The number of hydrogen-bond donors (Lipinski definition) is 2. The molecule has 0 aromatic carbocycles. The number of aromatic nitrogens is 3. The van der Waals surface area contributed by atoms with Gasteiger partial charge in [-0.1, -0.05) is 23.4 Å². The lowest BCUT2D eigenvalue weighted by molar-refractivity contribution is 0.628. The number of H-pyrrole nitrogens is 1. The second kappa shape index (κ2) is 5.11. The maximum atomic E-state index is 13.9. The molecule has 0 aliphatic carbocycles. The topological polar surface area (TPSA) is 70.7 Å². The van der Waals surface area contributed by atoms with Crippen molar-refractivity contribution in [2.75, 3.05) is 18.1 Å². The van der Waals surface area contributed by atoms with Crippen LogP contribution in [-0.4, -0.2) is 27.8 Å². The van der Waals surface area contributed by atoms with Crippen molar-refractivity contribution in [1.29, 1.82) is 0 Å². The van der Waals surface area contributed by atoms with E-state index in [4.69, 9.17) is 11.6 Å². The zero-order valence-electron chi connectivity index (χ0n) is 9.67. The Balaban J connectivity index is 2.90. The van der Waals surface area contributed by atoms with E-state index in [1.165, 1.54) is 11.8 Å². The van der Waals surface area contributed by atoms with E-state index in [9.17, 15) is 9.18 Å². The number of aromatic amines is 1. The Bertz CT molecular complexity index is 660. The number of pyridine rings is 1. The van der Waals surface area contributed by atoms with Crippen molar-refractivity contribution in [1.82, 2.24) is 15.0 Å². The summed E-state index contributed by atoms with van der Waals surface area (Å²) >= 11 is 6.86. The van der Waals surface area contributed by atoms with Crippen LogP contribution in [0.25, 0.3) is 10.9 Å². The predicted molar refractivity (Wildman–Crippen MR) is 71.1 cm³/mol. The van der Waals surface area contributed by atoms with Crippen LogP contribution in [0.2, 0.25) is 5.15 Å². The van der Waals surface area contributed by atoms with Crippen molar-refractivity contribution >= 4 is 40.1 Å². The van der Waals surface area contributed by atoms with Crippen LogP contribution in [0.1, 0.15) is 6.92 Å². The molecule has 2 heterocycles. The van der Waals surface area contributed by atoms with Gasteiger partial charge in [-0.25, -0.2) is 14.4 Å². The zero-order chi connectivity index (χ0) is 13.3. The summed E-state index contributed by atoms with van der Waals surface area (Å²) in [7, 11) is 0. The molecule has 0 fully saturated rings. The van der Waals surface area contributed by atoms with Crippen molar-refractivity contribution in [2.24, 2.45) is 0 Å². The van der Waals surface area contributed by atoms with Gasteiger partial charge in [-0.15, -0.1) is 0 Å². The van der Waals surface area contributed by atoms with Crippen LogP contribution in [-0.2, 0) is 0 Å². The molecule has 2 aromatic heterocycles. The van der Waals surface area contributed by atoms with Crippen LogP contribution in [0.5, 0.6) is 0 Å². The quantitative estimate of drug-likeness (QED) is 0.515. The Hall–Kier alpha value is -1.34. The third-order valence-electron chi connectivity index (χ3n) is 2.27. The molecular formula is C10H10ClFN4OS. The number of nitrogens with one attached hydrogen (secondary N) is 2. The molecule has 5 nitrogen and oxygen atoms in total. The van der Waals surface area contributed by atoms with Gasteiger partial charge in [0.1, 0.15) is 21.9 Å². The fourth-order valence-electron chi connectivity index (χ4n) is 1.52. The average molecular weight is 289 g/mol. The first kappa shape index (κ1) is 13.1. The molecule has 18 heavy (non-hydrogen) atoms. The highest BCUT2D eigenvalue weighted by Crippen LogP contribution is 2.24. The predicted octanol–water partition coefficient (Wildman–Crippen LogP) is 2.26. The molecule has 2 rings (SSSR count). The largest absolute Gasteiger partial charge is 0.370 e. The summed E-state index contributed by atoms with van der Waals surface area (Å²) in [6.07, 6.45) is 1.77. The minimum Gasteiger partial charge on any atom is -0.370 e. The van der Waals surface area contributed by atoms with Crippen molar-refractivity contribution in [3.63, 3.8) is 0 Å². The summed E-state index contributed by atoms with van der Waals surface area (Å²) in [5.41, 5.74) is -0.584. The van der Waals surface area contributed by atoms with Gasteiger partial charge in [-0.2, -0.15) is 0 Å². The summed E-state index contributed by atoms with van der Waals surface area (Å²) in [4.78, 5) is 22.2. The van der Waals surface area contributed by atoms with E-state index < -0.39 is 11.4 Å². The highest BCUT2D eigenvalue weighted by Gasteiger charge is 2.17. The smallest absolute Gasteiger partial charge is 0.262 e. The van der Waals surface area contributed by atoms with Gasteiger partial charge in [-0.3, -0.25) is 4.79 Å². The minimum absolute atomic E-state index is 0.0703. The van der Waals surface area contributed by atoms with E-state index in [2.05, 4.69) is 20.3 Å². The van der Waals surface area contributed by atoms with Crippen molar-refractivity contribution in [3.8, 4) is 0 Å². The number of nitrogens with zero attached hydrogens (tertiary/aromatic N) is 2. The molecule has 0 saturated carbocycles. The van der Waals surface area contributed by atoms with Gasteiger partial charge in [0.05, 0.1) is 0 Å². The SMILES string of the molecule is CCNc1nc(SC)nc2c(F)c(Cl)[nH]c(=O)c12. The number of thioether (sulfide) groups is 1. The van der Waals surface area contributed by atoms with Gasteiger partial charge in [0.15, 0.2) is 11.0 Å². The van der Waals surface area contributed by atoms with Crippen LogP contribution in [0.15, 0.2) is 9.95 Å². The standard InChI is InChI=1S/C10H10ClFN4OS/c1-3-13-8-4-6(14-10(16-8)18-2)5(12)7(11)15-9(4)17/h3H2,1-2H3,(H,15,17)(H,13,14,16). The lowest BCUT2D eigenvalue weighted by atomic mass is 10.3. The van der Waals surface area contributed by atoms with Gasteiger partial charge >= 0.3 is 0 Å². The van der Waals surface area contributed by atoms with Crippen LogP contribution < -0.4 is 10.9 Å². The maximum absolute atomic E-state index is 13.9. The molecule has 0 amide bonds. The molecule has 2 aromatic rings. The summed E-state index contributed by atoms with van der Waals surface area (Å²) in [5, 5.41) is 3.03. The summed E-state index contributed by atoms with van der Waals surface area (Å²) in [6.45, 7) is 2.41. The first-order valence-electron chi connectivity index (χ1n) is 5.15. The Morgan fingerprint density at radius 1 is 1.50 bits per heavy atom. The average Bonchev–Trinajstić information content (AvgIpc) is 2.35. The Morgan fingerprint density at radius 3 is 2.83 bits per heavy atom. The van der Waals surface area contributed by atoms with Crippen LogP contribution >= 0.6 is 23.4 Å². The molecule has 0 saturated heterocycles. The van der Waals surface area contributed by atoms with Gasteiger partial charge < -0.3 is 10.3 Å². The van der Waals surface area contributed by atoms with Gasteiger partial charge in [0, 0.05) is 6.54 Å². The second-order valence-electron chi connectivity index (χ2n) is 3.39. The Kier molecular flexibility index (Phi) is 3.72. The number of rotatable bonds is 3. The molecule has 0 radical (unpaired) electrons. The van der Waals surface area contributed by atoms with Crippen LogP contribution in [0.4, 0.5) is 10.2 Å². The lowest BCUT2D eigenvalue weighted by Gasteiger charge is -2.08. The van der Waals surface area contributed by atoms with E-state index in [1.807, 2.05) is 6.92 Å². The Morgan fingerprint density at radius 2 is 2.22 bits per heavy atom. The van der Waals surface area contributed by atoms with Gasteiger partial charge in [0.2, 0.25) is 0 Å². The molecular weight excluding hydrogens is 279 g/mol. The summed E-state index contributed by atoms with van der Waals surface area (Å²) < 4.78 is 13.9. The Labute approximate surface area is 111 Å². The van der Waals surface area contributed by atoms with E-state index in [0.717, 1.165) is 0 Å². The van der Waals surface area contributed by atoms with Crippen molar-refractivity contribution in [2.45, 2.75) is 12.1 Å². The number of anilines is 1. The molecule has 0 bridgehead atoms. The molecule has 8 heteroatoms. The zero-order valence-corrected chi connectivity index (χ0v) is 11.2. The molecule has 96 valence electrons. The fourth-order valence-corrected chi connectivity index (χ4v) is 2.06. The molecule has 0 aliphatic heterocycles. The fraction of sp³-hybridized carbons (Fsp3) is 0.300. The van der Waals surface area contributed by atoms with Gasteiger partial charge in [-0.05, 0) is 13.2 Å². The van der Waals surface area contributed by atoms with E-state index in [0.29, 0.717) is 17.5 Å². The van der Waals surface area contributed by atoms with Crippen molar-refractivity contribution in [3.05, 3.63) is 21.3 Å². The van der Waals surface area contributed by atoms with Crippen LogP contribution in [0, 0.1) is 5.82 Å². The highest BCUT2D eigenvalue weighted by molar-refractivity contribution is 7.98. The third-order valence-corrected chi connectivity index (χ3v) is 3.07. The van der Waals surface area contributed by atoms with E-state index >= 15 is 0 Å². The first-order valence-corrected chi connectivity index (χ1v) is 6.75. The first-order chi connectivity index (χ1) is 8.58. The van der Waals surface area contributed by atoms with Gasteiger partial charge in [0.25, 0.3) is 5.56 Å². The second-order valence-corrected chi connectivity index (χ2v) is 4.55. The minimum atomic E-state index is -0.747. The normalized spacial score (nSPS) is 10.9. The van der Waals surface area contributed by atoms with Crippen LogP contribution in [0.3, 0.4) is 0 Å². The number of halogens is 2. The highest BCUT2D eigenvalue weighted by atomic mass is 35.5. The van der Waals surface area contributed by atoms with Crippen molar-refractivity contribution < 1.29 is 4.39 Å². The number of fused-ring (bicyclic) bond motifs is 1. The third kappa shape index (κ3) is 2.15. The molecule has 2 N–H and O–H groups in total. The molecule has 0 unspecified atom stereocenters. The summed E-state index contributed by atoms with van der Waals surface area (Å²) in [5.74, 6) is -0.438. The summed E-state index contributed by atoms with van der Waals surface area (Å²) in [6, 6.07) is 0. The number of hydrogen-bond acceptors (Lipinski definition) is 5.